The number of hydrogen-bond acceptors (Lipinski definition) is 5. The molecule has 0 radical (unpaired) electrons. The second-order valence-corrected chi connectivity index (χ2v) is 10.3. The Kier molecular flexibility index (Phi) is 6.60. The molecule has 1 saturated carbocycles. The topological polar surface area (TPSA) is 66.3 Å². The van der Waals surface area contributed by atoms with Crippen molar-refractivity contribution in [3.63, 3.8) is 0 Å². The highest BCUT2D eigenvalue weighted by molar-refractivity contribution is 6.37. The smallest absolute Gasteiger partial charge is 0.253 e. The molecule has 1 aliphatic heterocycles. The van der Waals surface area contributed by atoms with Crippen molar-refractivity contribution in [3.05, 3.63) is 53.4 Å². The summed E-state index contributed by atoms with van der Waals surface area (Å²) in [7, 11) is 4.33. The summed E-state index contributed by atoms with van der Waals surface area (Å²) in [5.74, 6) is 0.422. The number of amides is 1. The van der Waals surface area contributed by atoms with Gasteiger partial charge in [0.25, 0.3) is 5.91 Å². The third-order valence-electron chi connectivity index (χ3n) is 7.72. The first kappa shape index (κ1) is 23.3. The van der Waals surface area contributed by atoms with Gasteiger partial charge in [-0.15, -0.1) is 0 Å². The van der Waals surface area contributed by atoms with Crippen LogP contribution in [0.4, 0.5) is 0 Å². The van der Waals surface area contributed by atoms with Crippen LogP contribution in [0.1, 0.15) is 48.9 Å². The van der Waals surface area contributed by atoms with Gasteiger partial charge >= 0.3 is 0 Å². The number of carbonyl (C=O) groups is 1. The minimum atomic E-state index is -0.0962. The summed E-state index contributed by atoms with van der Waals surface area (Å²) in [4.78, 5) is 27.3. The average molecular weight is 481 g/mol. The highest BCUT2D eigenvalue weighted by Gasteiger charge is 2.42. The van der Waals surface area contributed by atoms with Crippen molar-refractivity contribution < 1.29 is 4.79 Å². The molecule has 1 amide bonds. The Balaban J connectivity index is 1.42. The van der Waals surface area contributed by atoms with E-state index in [1.165, 1.54) is 25.7 Å². The molecule has 8 heteroatoms. The summed E-state index contributed by atoms with van der Waals surface area (Å²) < 4.78 is 1.84. The van der Waals surface area contributed by atoms with E-state index < -0.39 is 0 Å². The normalized spacial score (nSPS) is 20.8. The first-order valence-corrected chi connectivity index (χ1v) is 12.6. The molecule has 3 aromatic rings. The zero-order valence-electron chi connectivity index (χ0n) is 20.0. The van der Waals surface area contributed by atoms with Crippen molar-refractivity contribution in [2.75, 3.05) is 33.7 Å². The van der Waals surface area contributed by atoms with Crippen LogP contribution in [0, 0.1) is 0 Å². The number of likely N-dealkylation sites (tertiary alicyclic amines) is 1. The summed E-state index contributed by atoms with van der Waals surface area (Å²) in [6.07, 6.45) is 12.4. The molecule has 180 valence electrons. The van der Waals surface area contributed by atoms with E-state index >= 15 is 0 Å². The Bertz CT molecular complexity index is 1150. The zero-order valence-corrected chi connectivity index (χ0v) is 20.8. The molecule has 7 nitrogen and oxygen atoms in total. The third-order valence-corrected chi connectivity index (χ3v) is 8.03. The van der Waals surface area contributed by atoms with Crippen LogP contribution in [0.2, 0.25) is 5.02 Å². The molecular weight excluding hydrogens is 448 g/mol. The Hall–Kier alpha value is -2.48. The van der Waals surface area contributed by atoms with E-state index in [1.54, 1.807) is 18.5 Å². The Morgan fingerprint density at radius 3 is 2.65 bits per heavy atom. The van der Waals surface area contributed by atoms with Gasteiger partial charge in [-0.2, -0.15) is 0 Å². The Morgan fingerprint density at radius 2 is 1.94 bits per heavy atom. The molecule has 1 aliphatic carbocycles. The quantitative estimate of drug-likeness (QED) is 0.574. The lowest BCUT2D eigenvalue weighted by Gasteiger charge is -2.45. The van der Waals surface area contributed by atoms with Crippen LogP contribution in [0.3, 0.4) is 0 Å². The summed E-state index contributed by atoms with van der Waals surface area (Å²) in [6, 6.07) is 8.01. The zero-order chi connectivity index (χ0) is 23.7. The third kappa shape index (κ3) is 4.32. The number of aromatic nitrogens is 3. The maximum Gasteiger partial charge on any atom is 0.253 e. The summed E-state index contributed by atoms with van der Waals surface area (Å²) in [5.41, 5.74) is 1.42. The number of likely N-dealkylation sites (N-methyl/N-ethyl adjacent to an activating group) is 1. The van der Waals surface area contributed by atoms with E-state index in [9.17, 15) is 4.79 Å². The van der Waals surface area contributed by atoms with Crippen LogP contribution in [0.5, 0.6) is 0 Å². The lowest BCUT2D eigenvalue weighted by atomic mass is 9.80. The number of benzene rings is 1. The Labute approximate surface area is 206 Å². The van der Waals surface area contributed by atoms with Gasteiger partial charge in [-0.05, 0) is 51.6 Å². The second-order valence-electron chi connectivity index (χ2n) is 9.92. The van der Waals surface area contributed by atoms with Crippen LogP contribution in [0.15, 0.2) is 42.9 Å². The van der Waals surface area contributed by atoms with Gasteiger partial charge < -0.3 is 10.2 Å². The molecule has 1 N–H and O–H groups in total. The molecule has 34 heavy (non-hydrogen) atoms. The number of hydrogen-bond donors (Lipinski definition) is 1. The molecule has 1 atom stereocenters. The van der Waals surface area contributed by atoms with Gasteiger partial charge in [-0.1, -0.05) is 36.9 Å². The maximum absolute atomic E-state index is 13.6. The average Bonchev–Trinajstić information content (AvgIpc) is 3.51. The van der Waals surface area contributed by atoms with Gasteiger partial charge in [0.05, 0.1) is 16.1 Å². The van der Waals surface area contributed by atoms with Gasteiger partial charge in [-0.25, -0.2) is 9.97 Å². The van der Waals surface area contributed by atoms with Crippen LogP contribution in [-0.2, 0) is 0 Å². The van der Waals surface area contributed by atoms with Crippen LogP contribution in [0.25, 0.3) is 16.9 Å². The maximum atomic E-state index is 13.6. The van der Waals surface area contributed by atoms with Crippen molar-refractivity contribution in [2.24, 2.45) is 0 Å². The highest BCUT2D eigenvalue weighted by atomic mass is 35.5. The van der Waals surface area contributed by atoms with Crippen molar-refractivity contribution in [1.29, 1.82) is 0 Å². The van der Waals surface area contributed by atoms with Gasteiger partial charge in [0.15, 0.2) is 0 Å². The van der Waals surface area contributed by atoms with Gasteiger partial charge in [-0.3, -0.25) is 14.3 Å². The fourth-order valence-corrected chi connectivity index (χ4v) is 6.02. The van der Waals surface area contributed by atoms with Gasteiger partial charge in [0.1, 0.15) is 0 Å². The van der Waals surface area contributed by atoms with E-state index in [0.29, 0.717) is 29.1 Å². The monoisotopic (exact) mass is 480 g/mol. The number of nitrogens with one attached hydrogen (secondary N) is 1. The number of fused-ring (bicyclic) bond motifs is 1. The van der Waals surface area contributed by atoms with Crippen LogP contribution < -0.4 is 5.32 Å². The molecule has 5 rings (SSSR count). The Morgan fingerprint density at radius 1 is 1.18 bits per heavy atom. The number of halogens is 1. The van der Waals surface area contributed by atoms with Crippen molar-refractivity contribution >= 4 is 28.4 Å². The minimum absolute atomic E-state index is 0.0311. The number of rotatable bonds is 6. The van der Waals surface area contributed by atoms with Crippen LogP contribution in [-0.4, -0.2) is 75.6 Å². The molecular formula is C26H33ClN6O. The fraction of sp³-hybridized carbons (Fsp3) is 0.500. The lowest BCUT2D eigenvalue weighted by molar-refractivity contribution is 0.0608. The standard InChI is InChI=1S/C26H33ClN6O/c1-31(2)19-10-15-32(16-19)26(11-4-3-5-12-26)18-30-24(34)20-17-33(25-28-13-7-14-29-25)22-9-6-8-21(27)23(20)22/h6-9,13-14,17,19H,3-5,10-12,15-16,18H2,1-2H3,(H,30,34). The predicted molar refractivity (Wildman–Crippen MR) is 136 cm³/mol. The van der Waals surface area contributed by atoms with Crippen molar-refractivity contribution in [2.45, 2.75) is 50.1 Å². The van der Waals surface area contributed by atoms with Crippen molar-refractivity contribution in [1.82, 2.24) is 29.7 Å². The summed E-state index contributed by atoms with van der Waals surface area (Å²) in [6.45, 7) is 2.82. The van der Waals surface area contributed by atoms with E-state index in [2.05, 4.69) is 39.2 Å². The largest absolute Gasteiger partial charge is 0.350 e. The molecule has 1 saturated heterocycles. The van der Waals surface area contributed by atoms with Crippen LogP contribution >= 0.6 is 11.6 Å². The molecule has 2 fully saturated rings. The first-order valence-electron chi connectivity index (χ1n) is 12.3. The molecule has 0 bridgehead atoms. The molecule has 3 heterocycles. The SMILES string of the molecule is CN(C)C1CCN(C2(CNC(=O)c3cn(-c4ncccn4)c4cccc(Cl)c34)CCCCC2)C1. The summed E-state index contributed by atoms with van der Waals surface area (Å²) in [5, 5.41) is 4.60. The predicted octanol–water partition coefficient (Wildman–Crippen LogP) is 4.14. The van der Waals surface area contributed by atoms with E-state index in [0.717, 1.165) is 36.8 Å². The minimum Gasteiger partial charge on any atom is -0.350 e. The summed E-state index contributed by atoms with van der Waals surface area (Å²) >= 11 is 6.59. The van der Waals surface area contributed by atoms with E-state index in [4.69, 9.17) is 11.6 Å². The second kappa shape index (κ2) is 9.64. The molecule has 0 spiro atoms. The van der Waals surface area contributed by atoms with Crippen molar-refractivity contribution in [3.8, 4) is 5.95 Å². The van der Waals surface area contributed by atoms with Gasteiger partial charge in [0, 0.05) is 55.2 Å². The molecule has 2 aliphatic rings. The van der Waals surface area contributed by atoms with Gasteiger partial charge in [0.2, 0.25) is 5.95 Å². The number of nitrogens with zero attached hydrogens (tertiary/aromatic N) is 5. The first-order chi connectivity index (χ1) is 16.5. The molecule has 1 aromatic carbocycles. The van der Waals surface area contributed by atoms with E-state index in [-0.39, 0.29) is 11.4 Å². The highest BCUT2D eigenvalue weighted by Crippen LogP contribution is 2.36. The molecule has 2 aromatic heterocycles. The molecule has 1 unspecified atom stereocenters. The number of carbonyl (C=O) groups excluding carboxylic acids is 1. The van der Waals surface area contributed by atoms with E-state index in [1.807, 2.05) is 29.0 Å². The fourth-order valence-electron chi connectivity index (χ4n) is 5.75. The lowest BCUT2D eigenvalue weighted by Crippen LogP contribution is -2.56.